The summed E-state index contributed by atoms with van der Waals surface area (Å²) in [6, 6.07) is 9.28. The largest absolute Gasteiger partial charge is 0.311 e. The lowest BCUT2D eigenvalue weighted by Gasteiger charge is -2.33. The fourth-order valence-electron chi connectivity index (χ4n) is 3.20. The van der Waals surface area contributed by atoms with Crippen LogP contribution in [0.2, 0.25) is 0 Å². The van der Waals surface area contributed by atoms with Gasteiger partial charge in [0.2, 0.25) is 0 Å². The SMILES string of the molecule is CCC1(Cc2ccc(C(C)C)cc2)CCCCCN1. The molecule has 106 valence electrons. The number of benzene rings is 1. The van der Waals surface area contributed by atoms with Gasteiger partial charge in [-0.1, -0.05) is 57.9 Å². The maximum Gasteiger partial charge on any atom is 0.0219 e. The fourth-order valence-corrected chi connectivity index (χ4v) is 3.20. The molecule has 1 unspecified atom stereocenters. The lowest BCUT2D eigenvalue weighted by atomic mass is 9.84. The van der Waals surface area contributed by atoms with Crippen molar-refractivity contribution in [2.75, 3.05) is 6.54 Å². The first-order valence-electron chi connectivity index (χ1n) is 7.99. The number of rotatable bonds is 4. The maximum atomic E-state index is 3.83. The standard InChI is InChI=1S/C18H29N/c1-4-18(12-6-5-7-13-19-18)14-16-8-10-17(11-9-16)15(2)3/h8-11,15,19H,4-7,12-14H2,1-3H3. The van der Waals surface area contributed by atoms with Gasteiger partial charge in [0.05, 0.1) is 0 Å². The summed E-state index contributed by atoms with van der Waals surface area (Å²) in [6.45, 7) is 8.05. The van der Waals surface area contributed by atoms with Gasteiger partial charge in [0.15, 0.2) is 0 Å². The Morgan fingerprint density at radius 3 is 2.47 bits per heavy atom. The molecule has 0 spiro atoms. The molecule has 1 aliphatic rings. The summed E-state index contributed by atoms with van der Waals surface area (Å²) >= 11 is 0. The van der Waals surface area contributed by atoms with Gasteiger partial charge in [-0.2, -0.15) is 0 Å². The van der Waals surface area contributed by atoms with Crippen molar-refractivity contribution in [3.63, 3.8) is 0 Å². The smallest absolute Gasteiger partial charge is 0.0219 e. The average Bonchev–Trinajstić information content (AvgIpc) is 2.65. The first kappa shape index (κ1) is 14.6. The highest BCUT2D eigenvalue weighted by Gasteiger charge is 2.28. The zero-order chi connectivity index (χ0) is 13.7. The summed E-state index contributed by atoms with van der Waals surface area (Å²) in [7, 11) is 0. The van der Waals surface area contributed by atoms with E-state index in [2.05, 4.69) is 50.4 Å². The van der Waals surface area contributed by atoms with Crippen LogP contribution in [-0.2, 0) is 6.42 Å². The van der Waals surface area contributed by atoms with Crippen molar-refractivity contribution in [2.24, 2.45) is 0 Å². The van der Waals surface area contributed by atoms with Gasteiger partial charge in [0.25, 0.3) is 0 Å². The van der Waals surface area contributed by atoms with Crippen molar-refractivity contribution in [1.82, 2.24) is 5.32 Å². The predicted octanol–water partition coefficient (Wildman–Crippen LogP) is 4.66. The molecule has 1 atom stereocenters. The molecular formula is C18H29N. The molecule has 2 rings (SSSR count). The summed E-state index contributed by atoms with van der Waals surface area (Å²) in [5, 5.41) is 3.83. The van der Waals surface area contributed by atoms with E-state index in [9.17, 15) is 0 Å². The minimum atomic E-state index is 0.343. The molecule has 0 bridgehead atoms. The molecule has 1 N–H and O–H groups in total. The normalized spacial score (nSPS) is 24.4. The molecule has 1 aromatic rings. The molecule has 0 saturated carbocycles. The summed E-state index contributed by atoms with van der Waals surface area (Å²) in [5.74, 6) is 0.630. The van der Waals surface area contributed by atoms with E-state index in [4.69, 9.17) is 0 Å². The Morgan fingerprint density at radius 1 is 1.11 bits per heavy atom. The van der Waals surface area contributed by atoms with Crippen LogP contribution < -0.4 is 5.32 Å². The zero-order valence-corrected chi connectivity index (χ0v) is 12.8. The Balaban J connectivity index is 2.08. The summed E-state index contributed by atoms with van der Waals surface area (Å²) in [6.07, 6.45) is 7.86. The molecule has 1 nitrogen and oxygen atoms in total. The van der Waals surface area contributed by atoms with Crippen molar-refractivity contribution < 1.29 is 0 Å². The van der Waals surface area contributed by atoms with Gasteiger partial charge >= 0.3 is 0 Å². The van der Waals surface area contributed by atoms with E-state index < -0.39 is 0 Å². The second-order valence-corrected chi connectivity index (χ2v) is 6.44. The van der Waals surface area contributed by atoms with Crippen molar-refractivity contribution >= 4 is 0 Å². The van der Waals surface area contributed by atoms with E-state index in [0.29, 0.717) is 11.5 Å². The van der Waals surface area contributed by atoms with Crippen molar-refractivity contribution in [1.29, 1.82) is 0 Å². The van der Waals surface area contributed by atoms with Gasteiger partial charge in [-0.15, -0.1) is 0 Å². The third-order valence-electron chi connectivity index (χ3n) is 4.70. The predicted molar refractivity (Wildman–Crippen MR) is 83.7 cm³/mol. The molecule has 0 radical (unpaired) electrons. The lowest BCUT2D eigenvalue weighted by molar-refractivity contribution is 0.302. The monoisotopic (exact) mass is 259 g/mol. The first-order chi connectivity index (χ1) is 9.15. The molecule has 1 heterocycles. The van der Waals surface area contributed by atoms with E-state index >= 15 is 0 Å². The molecule has 0 amide bonds. The van der Waals surface area contributed by atoms with Crippen LogP contribution in [-0.4, -0.2) is 12.1 Å². The minimum absolute atomic E-state index is 0.343. The van der Waals surface area contributed by atoms with Gasteiger partial charge in [0, 0.05) is 5.54 Å². The van der Waals surface area contributed by atoms with Crippen LogP contribution in [0.15, 0.2) is 24.3 Å². The summed E-state index contributed by atoms with van der Waals surface area (Å²) in [5.41, 5.74) is 3.28. The highest BCUT2D eigenvalue weighted by Crippen LogP contribution is 2.27. The van der Waals surface area contributed by atoms with Gasteiger partial charge in [-0.3, -0.25) is 0 Å². The second-order valence-electron chi connectivity index (χ2n) is 6.44. The Kier molecular flexibility index (Phi) is 5.04. The van der Waals surface area contributed by atoms with E-state index in [1.807, 2.05) is 0 Å². The summed E-state index contributed by atoms with van der Waals surface area (Å²) < 4.78 is 0. The van der Waals surface area contributed by atoms with Crippen molar-refractivity contribution in [2.45, 2.75) is 70.8 Å². The number of hydrogen-bond acceptors (Lipinski definition) is 1. The number of hydrogen-bond donors (Lipinski definition) is 1. The molecule has 1 fully saturated rings. The third kappa shape index (κ3) is 3.82. The highest BCUT2D eigenvalue weighted by atomic mass is 15.0. The Labute approximate surface area is 118 Å². The highest BCUT2D eigenvalue weighted by molar-refractivity contribution is 5.26. The first-order valence-corrected chi connectivity index (χ1v) is 7.99. The minimum Gasteiger partial charge on any atom is -0.311 e. The van der Waals surface area contributed by atoms with E-state index in [0.717, 1.165) is 0 Å². The lowest BCUT2D eigenvalue weighted by Crippen LogP contribution is -2.46. The molecule has 1 aromatic carbocycles. The van der Waals surface area contributed by atoms with Crippen LogP contribution in [0.1, 0.15) is 69.9 Å². The van der Waals surface area contributed by atoms with Crippen LogP contribution >= 0.6 is 0 Å². The van der Waals surface area contributed by atoms with Gasteiger partial charge < -0.3 is 5.32 Å². The molecule has 1 saturated heterocycles. The van der Waals surface area contributed by atoms with E-state index in [1.54, 1.807) is 0 Å². The van der Waals surface area contributed by atoms with Gasteiger partial charge in [0.1, 0.15) is 0 Å². The topological polar surface area (TPSA) is 12.0 Å². The quantitative estimate of drug-likeness (QED) is 0.829. The third-order valence-corrected chi connectivity index (χ3v) is 4.70. The summed E-state index contributed by atoms with van der Waals surface area (Å²) in [4.78, 5) is 0. The van der Waals surface area contributed by atoms with Gasteiger partial charge in [-0.25, -0.2) is 0 Å². The fraction of sp³-hybridized carbons (Fsp3) is 0.667. The van der Waals surface area contributed by atoms with Crippen LogP contribution in [0.25, 0.3) is 0 Å². The molecule has 19 heavy (non-hydrogen) atoms. The van der Waals surface area contributed by atoms with Crippen LogP contribution in [0.5, 0.6) is 0 Å². The molecule has 0 aromatic heterocycles. The second kappa shape index (κ2) is 6.56. The number of nitrogens with one attached hydrogen (secondary N) is 1. The molecular weight excluding hydrogens is 230 g/mol. The van der Waals surface area contributed by atoms with Crippen molar-refractivity contribution in [3.05, 3.63) is 35.4 Å². The van der Waals surface area contributed by atoms with Crippen molar-refractivity contribution in [3.8, 4) is 0 Å². The Morgan fingerprint density at radius 2 is 1.84 bits per heavy atom. The Hall–Kier alpha value is -0.820. The maximum absolute atomic E-state index is 3.83. The average molecular weight is 259 g/mol. The zero-order valence-electron chi connectivity index (χ0n) is 12.8. The van der Waals surface area contributed by atoms with Gasteiger partial charge in [-0.05, 0) is 49.3 Å². The van der Waals surface area contributed by atoms with Crippen LogP contribution in [0, 0.1) is 0 Å². The molecule has 1 heteroatoms. The van der Waals surface area contributed by atoms with Crippen LogP contribution in [0.4, 0.5) is 0 Å². The molecule has 1 aliphatic heterocycles. The molecule has 0 aliphatic carbocycles. The Bertz CT molecular complexity index is 369. The van der Waals surface area contributed by atoms with E-state index in [-0.39, 0.29) is 0 Å². The van der Waals surface area contributed by atoms with Crippen LogP contribution in [0.3, 0.4) is 0 Å². The van der Waals surface area contributed by atoms with E-state index in [1.165, 1.54) is 56.2 Å².